The van der Waals surface area contributed by atoms with Crippen molar-refractivity contribution in [3.05, 3.63) is 84.4 Å². The first-order valence-electron chi connectivity index (χ1n) is 8.38. The largest absolute Gasteiger partial charge is 0.439 e. The average Bonchev–Trinajstić information content (AvgIpc) is 3.25. The highest BCUT2D eigenvalue weighted by Gasteiger charge is 2.14. The zero-order valence-corrected chi connectivity index (χ0v) is 16.4. The molecule has 8 nitrogen and oxygen atoms in total. The highest BCUT2D eigenvalue weighted by atomic mass is 35.5. The average molecular weight is 428 g/mol. The van der Waals surface area contributed by atoms with Gasteiger partial charge in [-0.25, -0.2) is 23.1 Å². The van der Waals surface area contributed by atoms with Crippen molar-refractivity contribution in [2.75, 3.05) is 4.72 Å². The minimum atomic E-state index is -3.74. The number of benzene rings is 2. The smallest absolute Gasteiger partial charge is 0.261 e. The summed E-state index contributed by atoms with van der Waals surface area (Å²) < 4.78 is 34.7. The molecule has 0 amide bonds. The van der Waals surface area contributed by atoms with Gasteiger partial charge in [-0.1, -0.05) is 17.7 Å². The molecule has 0 atom stereocenters. The molecule has 0 bridgehead atoms. The van der Waals surface area contributed by atoms with Crippen LogP contribution in [0.3, 0.4) is 0 Å². The molecule has 0 unspecified atom stereocenters. The molecule has 4 aromatic rings. The molecule has 0 aliphatic heterocycles. The Morgan fingerprint density at radius 3 is 2.55 bits per heavy atom. The minimum Gasteiger partial charge on any atom is -0.439 e. The zero-order chi connectivity index (χ0) is 20.3. The molecule has 0 saturated heterocycles. The lowest BCUT2D eigenvalue weighted by Crippen LogP contribution is -2.12. The first kappa shape index (κ1) is 18.9. The Morgan fingerprint density at radius 2 is 1.83 bits per heavy atom. The summed E-state index contributed by atoms with van der Waals surface area (Å²) in [5.41, 5.74) is 0.386. The Bertz CT molecular complexity index is 1230. The standard InChI is InChI=1S/C19H14ClN5O3S/c20-14-3-1-4-17(11-14)29(26,27)24-15-5-7-16(8-6-15)28-19-12-18(21-13-22-19)25-10-2-9-23-25/h1-13,24H. The maximum Gasteiger partial charge on any atom is 0.261 e. The number of halogens is 1. The monoisotopic (exact) mass is 427 g/mol. The summed E-state index contributed by atoms with van der Waals surface area (Å²) in [5, 5.41) is 4.45. The first-order chi connectivity index (χ1) is 14.0. The van der Waals surface area contributed by atoms with E-state index in [2.05, 4.69) is 19.8 Å². The quantitative estimate of drug-likeness (QED) is 0.501. The van der Waals surface area contributed by atoms with Gasteiger partial charge in [0.15, 0.2) is 5.82 Å². The second-order valence-electron chi connectivity index (χ2n) is 5.85. The fourth-order valence-corrected chi connectivity index (χ4v) is 3.83. The van der Waals surface area contributed by atoms with Crippen molar-refractivity contribution >= 4 is 27.3 Å². The summed E-state index contributed by atoms with van der Waals surface area (Å²) in [6.45, 7) is 0. The van der Waals surface area contributed by atoms with Crippen LogP contribution < -0.4 is 9.46 Å². The van der Waals surface area contributed by atoms with Crippen LogP contribution in [0.1, 0.15) is 0 Å². The molecule has 2 heterocycles. The van der Waals surface area contributed by atoms with Crippen molar-refractivity contribution in [1.29, 1.82) is 0 Å². The van der Waals surface area contributed by atoms with Crippen molar-refractivity contribution in [2.24, 2.45) is 0 Å². The maximum atomic E-state index is 12.5. The lowest BCUT2D eigenvalue weighted by Gasteiger charge is -2.10. The van der Waals surface area contributed by atoms with E-state index in [0.29, 0.717) is 28.2 Å². The van der Waals surface area contributed by atoms with Gasteiger partial charge >= 0.3 is 0 Å². The number of hydrogen-bond acceptors (Lipinski definition) is 6. The number of sulfonamides is 1. The molecule has 0 saturated carbocycles. The number of nitrogens with one attached hydrogen (secondary N) is 1. The molecule has 0 spiro atoms. The van der Waals surface area contributed by atoms with E-state index < -0.39 is 10.0 Å². The Kier molecular flexibility index (Phi) is 5.15. The second kappa shape index (κ2) is 7.90. The van der Waals surface area contributed by atoms with Gasteiger partial charge in [0.05, 0.1) is 4.90 Å². The molecule has 0 aliphatic rings. The van der Waals surface area contributed by atoms with E-state index in [0.717, 1.165) is 0 Å². The number of ether oxygens (including phenoxy) is 1. The summed E-state index contributed by atoms with van der Waals surface area (Å²) in [5.74, 6) is 1.38. The molecule has 2 aromatic carbocycles. The highest BCUT2D eigenvalue weighted by Crippen LogP contribution is 2.24. The van der Waals surface area contributed by atoms with Crippen molar-refractivity contribution in [3.63, 3.8) is 0 Å². The molecule has 10 heteroatoms. The van der Waals surface area contributed by atoms with Gasteiger partial charge in [-0.2, -0.15) is 5.10 Å². The van der Waals surface area contributed by atoms with E-state index >= 15 is 0 Å². The number of rotatable bonds is 6. The molecular formula is C19H14ClN5O3S. The lowest BCUT2D eigenvalue weighted by atomic mass is 10.3. The predicted octanol–water partition coefficient (Wildman–Crippen LogP) is 3.91. The summed E-state index contributed by atoms with van der Waals surface area (Å²) in [7, 11) is -3.74. The number of aromatic nitrogens is 4. The third kappa shape index (κ3) is 4.53. The van der Waals surface area contributed by atoms with Crippen LogP contribution in [0.4, 0.5) is 5.69 Å². The van der Waals surface area contributed by atoms with Gasteiger partial charge < -0.3 is 4.74 Å². The Morgan fingerprint density at radius 1 is 1.00 bits per heavy atom. The highest BCUT2D eigenvalue weighted by molar-refractivity contribution is 7.92. The normalized spacial score (nSPS) is 11.2. The van der Waals surface area contributed by atoms with E-state index in [4.69, 9.17) is 16.3 Å². The van der Waals surface area contributed by atoms with Crippen LogP contribution in [0.5, 0.6) is 11.6 Å². The van der Waals surface area contributed by atoms with E-state index in [9.17, 15) is 8.42 Å². The van der Waals surface area contributed by atoms with Gasteiger partial charge in [-0.05, 0) is 48.5 Å². The van der Waals surface area contributed by atoms with Crippen molar-refractivity contribution < 1.29 is 13.2 Å². The van der Waals surface area contributed by atoms with E-state index in [1.807, 2.05) is 0 Å². The van der Waals surface area contributed by atoms with Gasteiger partial charge in [0.1, 0.15) is 12.1 Å². The van der Waals surface area contributed by atoms with Gasteiger partial charge in [-0.3, -0.25) is 4.72 Å². The van der Waals surface area contributed by atoms with Crippen LogP contribution >= 0.6 is 11.6 Å². The topological polar surface area (TPSA) is 99.0 Å². The zero-order valence-electron chi connectivity index (χ0n) is 14.8. The van der Waals surface area contributed by atoms with E-state index in [1.165, 1.54) is 18.5 Å². The number of anilines is 1. The third-order valence-corrected chi connectivity index (χ3v) is 5.42. The summed E-state index contributed by atoms with van der Waals surface area (Å²) in [6, 6.07) is 15.9. The molecule has 29 heavy (non-hydrogen) atoms. The number of nitrogens with zero attached hydrogens (tertiary/aromatic N) is 4. The SMILES string of the molecule is O=S(=O)(Nc1ccc(Oc2cc(-n3cccn3)ncn2)cc1)c1cccc(Cl)c1. The third-order valence-electron chi connectivity index (χ3n) is 3.80. The van der Waals surface area contributed by atoms with Crippen LogP contribution in [-0.2, 0) is 10.0 Å². The molecule has 0 fully saturated rings. The van der Waals surface area contributed by atoms with E-state index in [-0.39, 0.29) is 4.90 Å². The van der Waals surface area contributed by atoms with Crippen LogP contribution in [0.15, 0.2) is 84.3 Å². The van der Waals surface area contributed by atoms with Crippen LogP contribution in [0.25, 0.3) is 5.82 Å². The lowest BCUT2D eigenvalue weighted by molar-refractivity contribution is 0.460. The van der Waals surface area contributed by atoms with Gasteiger partial charge in [0.2, 0.25) is 5.88 Å². The number of hydrogen-bond donors (Lipinski definition) is 1. The summed E-state index contributed by atoms with van der Waals surface area (Å²) >= 11 is 5.87. The van der Waals surface area contributed by atoms with E-state index in [1.54, 1.807) is 65.6 Å². The minimum absolute atomic E-state index is 0.0810. The molecule has 146 valence electrons. The van der Waals surface area contributed by atoms with Crippen LogP contribution in [0, 0.1) is 0 Å². The van der Waals surface area contributed by atoms with Gasteiger partial charge in [0, 0.05) is 29.2 Å². The fourth-order valence-electron chi connectivity index (χ4n) is 2.48. The molecular weight excluding hydrogens is 414 g/mol. The van der Waals surface area contributed by atoms with Crippen molar-refractivity contribution in [3.8, 4) is 17.4 Å². The predicted molar refractivity (Wildman–Crippen MR) is 108 cm³/mol. The maximum absolute atomic E-state index is 12.5. The molecule has 0 radical (unpaired) electrons. The van der Waals surface area contributed by atoms with Crippen molar-refractivity contribution in [2.45, 2.75) is 4.90 Å². The Hall–Kier alpha value is -3.43. The molecule has 1 N–H and O–H groups in total. The van der Waals surface area contributed by atoms with Crippen LogP contribution in [-0.4, -0.2) is 28.2 Å². The fraction of sp³-hybridized carbons (Fsp3) is 0. The Balaban J connectivity index is 1.48. The van der Waals surface area contributed by atoms with Gasteiger partial charge in [0.25, 0.3) is 10.0 Å². The van der Waals surface area contributed by atoms with Crippen LogP contribution in [0.2, 0.25) is 5.02 Å². The summed E-state index contributed by atoms with van der Waals surface area (Å²) in [6.07, 6.45) is 4.78. The molecule has 0 aliphatic carbocycles. The molecule has 4 rings (SSSR count). The first-order valence-corrected chi connectivity index (χ1v) is 10.2. The summed E-state index contributed by atoms with van der Waals surface area (Å²) in [4.78, 5) is 8.29. The second-order valence-corrected chi connectivity index (χ2v) is 7.97. The van der Waals surface area contributed by atoms with Crippen molar-refractivity contribution in [1.82, 2.24) is 19.7 Å². The molecule has 2 aromatic heterocycles. The van der Waals surface area contributed by atoms with Gasteiger partial charge in [-0.15, -0.1) is 0 Å². The Labute approximate surface area is 171 Å².